The summed E-state index contributed by atoms with van der Waals surface area (Å²) >= 11 is 3.45. The average Bonchev–Trinajstić information content (AvgIpc) is 2.60. The topological polar surface area (TPSA) is 116 Å². The van der Waals surface area contributed by atoms with Gasteiger partial charge in [0.1, 0.15) is 11.5 Å². The largest absolute Gasteiger partial charge is 0.382 e. The molecule has 1 heterocycles. The molecule has 0 saturated heterocycles. The van der Waals surface area contributed by atoms with Crippen LogP contribution >= 0.6 is 15.9 Å². The van der Waals surface area contributed by atoms with Gasteiger partial charge in [-0.2, -0.15) is 0 Å². The summed E-state index contributed by atoms with van der Waals surface area (Å²) in [5.74, 6) is 0.0681. The number of nitrogens with one attached hydrogen (secondary N) is 3. The van der Waals surface area contributed by atoms with E-state index < -0.39 is 0 Å². The lowest BCUT2D eigenvalue weighted by atomic mass is 10.1. The van der Waals surface area contributed by atoms with Crippen molar-refractivity contribution in [2.75, 3.05) is 16.6 Å². The van der Waals surface area contributed by atoms with Crippen LogP contribution in [0.5, 0.6) is 0 Å². The summed E-state index contributed by atoms with van der Waals surface area (Å²) in [6.45, 7) is 0. The summed E-state index contributed by atoms with van der Waals surface area (Å²) < 4.78 is 0.938. The summed E-state index contributed by atoms with van der Waals surface area (Å²) in [7, 11) is 0. The van der Waals surface area contributed by atoms with Gasteiger partial charge in [0.25, 0.3) is 0 Å². The summed E-state index contributed by atoms with van der Waals surface area (Å²) in [4.78, 5) is 14.5. The molecular weight excluding hydrogens is 372 g/mol. The van der Waals surface area contributed by atoms with Crippen molar-refractivity contribution < 1.29 is 0 Å². The van der Waals surface area contributed by atoms with Gasteiger partial charge in [-0.3, -0.25) is 10.8 Å². The Hall–Kier alpha value is -3.00. The Labute approximate surface area is 145 Å². The average molecular weight is 385 g/mol. The molecule has 5 N–H and O–H groups in total. The lowest BCUT2D eigenvalue weighted by Crippen LogP contribution is -2.11. The predicted octanol–water partition coefficient (Wildman–Crippen LogP) is 4.11. The number of nitroso groups, excluding NO2 is 1. The van der Waals surface area contributed by atoms with Gasteiger partial charge in [0.05, 0.1) is 5.69 Å². The van der Waals surface area contributed by atoms with E-state index in [0.717, 1.165) is 20.9 Å². The normalized spacial score (nSPS) is 10.4. The molecule has 0 radical (unpaired) electrons. The van der Waals surface area contributed by atoms with Crippen LogP contribution in [0.2, 0.25) is 0 Å². The Morgan fingerprint density at radius 3 is 2.62 bits per heavy atom. The number of amidine groups is 1. The van der Waals surface area contributed by atoms with Crippen LogP contribution in [-0.2, 0) is 0 Å². The van der Waals surface area contributed by atoms with Crippen LogP contribution in [0.4, 0.5) is 17.2 Å². The van der Waals surface area contributed by atoms with Crippen LogP contribution in [0.15, 0.2) is 58.3 Å². The number of aromatic nitrogens is 1. The lowest BCUT2D eigenvalue weighted by molar-refractivity contribution is 1.33. The van der Waals surface area contributed by atoms with Crippen molar-refractivity contribution >= 4 is 49.7 Å². The summed E-state index contributed by atoms with van der Waals surface area (Å²) in [6.07, 6.45) is 1.72. The van der Waals surface area contributed by atoms with Gasteiger partial charge in [0.15, 0.2) is 5.84 Å². The molecule has 0 aliphatic rings. The molecule has 1 aromatic heterocycles. The highest BCUT2D eigenvalue weighted by Gasteiger charge is 2.07. The number of halogens is 1. The molecule has 0 unspecified atom stereocenters. The zero-order chi connectivity index (χ0) is 17.1. The van der Waals surface area contributed by atoms with Crippen LogP contribution in [0.1, 0.15) is 5.56 Å². The van der Waals surface area contributed by atoms with Crippen LogP contribution in [0.3, 0.4) is 0 Å². The highest BCUT2D eigenvalue weighted by Crippen LogP contribution is 2.30. The van der Waals surface area contributed by atoms with Gasteiger partial charge in [-0.05, 0) is 41.6 Å². The number of hydrogen-bond donors (Lipinski definition) is 4. The van der Waals surface area contributed by atoms with Crippen LogP contribution < -0.4 is 16.6 Å². The number of fused-ring (bicyclic) bond motifs is 1. The number of pyridine rings is 1. The molecule has 24 heavy (non-hydrogen) atoms. The second-order valence-corrected chi connectivity index (χ2v) is 5.93. The Balaban J connectivity index is 1.85. The first kappa shape index (κ1) is 15.9. The minimum atomic E-state index is -0.304. The summed E-state index contributed by atoms with van der Waals surface area (Å²) in [5, 5.41) is 11.9. The minimum Gasteiger partial charge on any atom is -0.382 e. The molecule has 2 aromatic carbocycles. The number of anilines is 3. The van der Waals surface area contributed by atoms with Crippen molar-refractivity contribution in [1.29, 1.82) is 5.41 Å². The van der Waals surface area contributed by atoms with Crippen LogP contribution in [0, 0.1) is 10.3 Å². The molecule has 3 aromatic rings. The van der Waals surface area contributed by atoms with E-state index in [1.807, 2.05) is 18.2 Å². The maximum absolute atomic E-state index is 10.4. The minimum absolute atomic E-state index is 0.304. The van der Waals surface area contributed by atoms with E-state index in [0.29, 0.717) is 17.1 Å². The monoisotopic (exact) mass is 384 g/mol. The molecule has 120 valence electrons. The van der Waals surface area contributed by atoms with Crippen molar-refractivity contribution in [2.45, 2.75) is 0 Å². The number of hydrogen-bond acceptors (Lipinski definition) is 6. The van der Waals surface area contributed by atoms with Crippen molar-refractivity contribution in [1.82, 2.24) is 4.98 Å². The first-order valence-electron chi connectivity index (χ1n) is 6.96. The van der Waals surface area contributed by atoms with Gasteiger partial charge in [-0.15, -0.1) is 4.91 Å². The number of nitrogen functional groups attached to an aromatic ring is 1. The molecule has 0 bridgehead atoms. The fourth-order valence-corrected chi connectivity index (χ4v) is 2.59. The number of hydrazine groups is 1. The molecule has 0 aliphatic heterocycles. The van der Waals surface area contributed by atoms with E-state index in [1.54, 1.807) is 30.5 Å². The van der Waals surface area contributed by atoms with Crippen molar-refractivity contribution in [3.05, 3.63) is 63.6 Å². The van der Waals surface area contributed by atoms with Crippen molar-refractivity contribution in [3.8, 4) is 0 Å². The second-order valence-electron chi connectivity index (χ2n) is 5.02. The molecule has 0 spiro atoms. The van der Waals surface area contributed by atoms with E-state index in [1.165, 1.54) is 0 Å². The lowest BCUT2D eigenvalue weighted by Gasteiger charge is -2.14. The Morgan fingerprint density at radius 1 is 1.17 bits per heavy atom. The Morgan fingerprint density at radius 2 is 1.92 bits per heavy atom. The zero-order valence-electron chi connectivity index (χ0n) is 12.4. The van der Waals surface area contributed by atoms with Gasteiger partial charge in [0, 0.05) is 27.0 Å². The maximum Gasteiger partial charge on any atom is 0.196 e. The van der Waals surface area contributed by atoms with E-state index in [9.17, 15) is 4.91 Å². The molecular formula is C16H13BrN6O. The third-order valence-corrected chi connectivity index (χ3v) is 3.96. The van der Waals surface area contributed by atoms with Gasteiger partial charge >= 0.3 is 0 Å². The number of nitrogens with zero attached hydrogens (tertiary/aromatic N) is 2. The molecule has 0 saturated carbocycles. The first-order valence-corrected chi connectivity index (χ1v) is 7.76. The third-order valence-electron chi connectivity index (χ3n) is 3.47. The fraction of sp³-hybridized carbons (Fsp3) is 0. The van der Waals surface area contributed by atoms with E-state index >= 15 is 0 Å². The molecule has 7 nitrogen and oxygen atoms in total. The maximum atomic E-state index is 10.4. The highest BCUT2D eigenvalue weighted by atomic mass is 79.9. The van der Waals surface area contributed by atoms with E-state index in [4.69, 9.17) is 11.1 Å². The SMILES string of the molecule is N=C(N=O)c1ccc(NNc2c(N)ncc3ccc(Br)cc23)cc1. The quantitative estimate of drug-likeness (QED) is 0.233. The summed E-state index contributed by atoms with van der Waals surface area (Å²) in [5.41, 5.74) is 13.9. The number of nitrogens with two attached hydrogens (primary N) is 1. The third kappa shape index (κ3) is 3.18. The molecule has 0 fully saturated rings. The van der Waals surface area contributed by atoms with Crippen LogP contribution in [0.25, 0.3) is 10.8 Å². The zero-order valence-corrected chi connectivity index (χ0v) is 14.0. The predicted molar refractivity (Wildman–Crippen MR) is 100 cm³/mol. The van der Waals surface area contributed by atoms with Gasteiger partial charge < -0.3 is 11.2 Å². The second kappa shape index (κ2) is 6.63. The van der Waals surface area contributed by atoms with Crippen molar-refractivity contribution in [3.63, 3.8) is 0 Å². The molecule has 0 amide bonds. The molecule has 0 atom stereocenters. The molecule has 8 heteroatoms. The highest BCUT2D eigenvalue weighted by molar-refractivity contribution is 9.10. The molecule has 3 rings (SSSR count). The number of rotatable bonds is 4. The van der Waals surface area contributed by atoms with Gasteiger partial charge in [-0.1, -0.05) is 22.0 Å². The van der Waals surface area contributed by atoms with Crippen LogP contribution in [-0.4, -0.2) is 10.8 Å². The standard InChI is InChI=1S/C16H13BrN6O/c17-11-4-1-10-8-20-16(19)14(13(10)7-11)22-21-12-5-2-9(3-6-12)15(18)23-24/h1-8,18,21-22H,(H2,19,20). The fourth-order valence-electron chi connectivity index (χ4n) is 2.23. The first-order chi connectivity index (χ1) is 11.6. The van der Waals surface area contributed by atoms with Gasteiger partial charge in [-0.25, -0.2) is 4.98 Å². The number of benzene rings is 2. The Bertz CT molecular complexity index is 920. The van der Waals surface area contributed by atoms with E-state index in [-0.39, 0.29) is 5.84 Å². The van der Waals surface area contributed by atoms with Gasteiger partial charge in [0.2, 0.25) is 0 Å². The summed E-state index contributed by atoms with van der Waals surface area (Å²) in [6, 6.07) is 12.6. The smallest absolute Gasteiger partial charge is 0.196 e. The molecule has 0 aliphatic carbocycles. The Kier molecular flexibility index (Phi) is 4.39. The van der Waals surface area contributed by atoms with E-state index in [2.05, 4.69) is 36.9 Å². The van der Waals surface area contributed by atoms with Crippen molar-refractivity contribution in [2.24, 2.45) is 5.18 Å².